The van der Waals surface area contributed by atoms with Gasteiger partial charge >= 0.3 is 5.97 Å². The van der Waals surface area contributed by atoms with Gasteiger partial charge in [0.05, 0.1) is 11.3 Å². The largest absolute Gasteiger partial charge is 0.444 e. The first-order chi connectivity index (χ1) is 7.04. The molecule has 4 nitrogen and oxygen atoms in total. The Morgan fingerprint density at radius 3 is 2.87 bits per heavy atom. The van der Waals surface area contributed by atoms with Gasteiger partial charge in [0.1, 0.15) is 11.9 Å². The molecule has 0 aliphatic heterocycles. The average Bonchev–Trinajstić information content (AvgIpc) is 2.21. The van der Waals surface area contributed by atoms with Crippen LogP contribution in [0.4, 0.5) is 10.1 Å². The lowest BCUT2D eigenvalue weighted by Crippen LogP contribution is -2.13. The second-order valence-electron chi connectivity index (χ2n) is 2.91. The van der Waals surface area contributed by atoms with Gasteiger partial charge in [0.15, 0.2) is 6.10 Å². The number of hydrogen-bond donors (Lipinski definition) is 1. The average molecular weight is 208 g/mol. The van der Waals surface area contributed by atoms with Crippen molar-refractivity contribution in [3.8, 4) is 6.07 Å². The Hall–Kier alpha value is -2.09. The highest BCUT2D eigenvalue weighted by molar-refractivity contribution is 5.90. The number of nitrogens with zero attached hydrogens (tertiary/aromatic N) is 1. The number of carbonyl (C=O) groups excluding carboxylic acids is 1. The fourth-order valence-corrected chi connectivity index (χ4v) is 0.909. The van der Waals surface area contributed by atoms with Crippen LogP contribution >= 0.6 is 0 Å². The lowest BCUT2D eigenvalue weighted by atomic mass is 10.2. The van der Waals surface area contributed by atoms with Gasteiger partial charge in [0.25, 0.3) is 0 Å². The highest BCUT2D eigenvalue weighted by atomic mass is 19.1. The molecule has 1 rings (SSSR count). The molecule has 0 saturated carbocycles. The number of esters is 1. The zero-order valence-electron chi connectivity index (χ0n) is 8.03. The number of rotatable bonds is 2. The van der Waals surface area contributed by atoms with E-state index in [-0.39, 0.29) is 11.3 Å². The number of nitriles is 1. The molecule has 0 bridgehead atoms. The molecular formula is C10H9FN2O2. The molecule has 2 N–H and O–H groups in total. The molecule has 0 saturated heterocycles. The maximum Gasteiger partial charge on any atom is 0.339 e. The summed E-state index contributed by atoms with van der Waals surface area (Å²) in [5.74, 6) is -1.43. The lowest BCUT2D eigenvalue weighted by Gasteiger charge is -2.06. The van der Waals surface area contributed by atoms with E-state index >= 15 is 0 Å². The molecule has 78 valence electrons. The van der Waals surface area contributed by atoms with Crippen molar-refractivity contribution in [2.45, 2.75) is 13.0 Å². The topological polar surface area (TPSA) is 76.1 Å². The van der Waals surface area contributed by atoms with Crippen molar-refractivity contribution in [1.82, 2.24) is 0 Å². The first kappa shape index (κ1) is 11.0. The lowest BCUT2D eigenvalue weighted by molar-refractivity contribution is 0.0435. The molecule has 0 radical (unpaired) electrons. The smallest absolute Gasteiger partial charge is 0.339 e. The molecule has 0 amide bonds. The van der Waals surface area contributed by atoms with Crippen LogP contribution in [0.5, 0.6) is 0 Å². The van der Waals surface area contributed by atoms with Crippen LogP contribution in [-0.4, -0.2) is 12.1 Å². The zero-order chi connectivity index (χ0) is 11.4. The number of hydrogen-bond acceptors (Lipinski definition) is 4. The third kappa shape index (κ3) is 2.68. The van der Waals surface area contributed by atoms with E-state index in [4.69, 9.17) is 11.0 Å². The van der Waals surface area contributed by atoms with Crippen molar-refractivity contribution >= 4 is 11.7 Å². The summed E-state index contributed by atoms with van der Waals surface area (Å²) in [5, 5.41) is 8.41. The Morgan fingerprint density at radius 2 is 2.33 bits per heavy atom. The molecule has 1 unspecified atom stereocenters. The van der Waals surface area contributed by atoms with Gasteiger partial charge in [-0.2, -0.15) is 5.26 Å². The van der Waals surface area contributed by atoms with Crippen molar-refractivity contribution in [1.29, 1.82) is 5.26 Å². The van der Waals surface area contributed by atoms with E-state index in [1.807, 2.05) is 0 Å². The normalized spacial score (nSPS) is 11.5. The second kappa shape index (κ2) is 4.42. The standard InChI is InChI=1S/C10H9FN2O2/c1-6(5-12)15-10(14)7-2-3-9(13)8(11)4-7/h2-4,6H,13H2,1H3. The Labute approximate surface area is 86.1 Å². The van der Waals surface area contributed by atoms with Crippen LogP contribution in [0.15, 0.2) is 18.2 Å². The van der Waals surface area contributed by atoms with Gasteiger partial charge in [-0.15, -0.1) is 0 Å². The van der Waals surface area contributed by atoms with E-state index in [1.54, 1.807) is 6.07 Å². The first-order valence-electron chi connectivity index (χ1n) is 4.20. The predicted octanol–water partition coefficient (Wildman–Crippen LogP) is 1.48. The van der Waals surface area contributed by atoms with Crippen molar-refractivity contribution in [2.75, 3.05) is 5.73 Å². The Bertz CT molecular complexity index is 426. The molecule has 0 aliphatic carbocycles. The Kier molecular flexibility index (Phi) is 3.24. The monoisotopic (exact) mass is 208 g/mol. The van der Waals surface area contributed by atoms with E-state index in [2.05, 4.69) is 4.74 Å². The number of benzene rings is 1. The molecular weight excluding hydrogens is 199 g/mol. The molecule has 0 aromatic heterocycles. The SMILES string of the molecule is CC(C#N)OC(=O)c1ccc(N)c(F)c1. The van der Waals surface area contributed by atoms with Gasteiger partial charge in [-0.05, 0) is 25.1 Å². The van der Waals surface area contributed by atoms with Gasteiger partial charge < -0.3 is 10.5 Å². The molecule has 0 aliphatic rings. The molecule has 0 fully saturated rings. The number of carbonyl (C=O) groups is 1. The fraction of sp³-hybridized carbons (Fsp3) is 0.200. The number of nitrogens with two attached hydrogens (primary N) is 1. The maximum atomic E-state index is 13.0. The van der Waals surface area contributed by atoms with Crippen LogP contribution in [0.3, 0.4) is 0 Å². The quantitative estimate of drug-likeness (QED) is 0.589. The molecule has 1 aromatic rings. The van der Waals surface area contributed by atoms with E-state index in [0.717, 1.165) is 6.07 Å². The van der Waals surface area contributed by atoms with Gasteiger partial charge in [-0.3, -0.25) is 0 Å². The van der Waals surface area contributed by atoms with E-state index in [9.17, 15) is 9.18 Å². The summed E-state index contributed by atoms with van der Waals surface area (Å²) < 4.78 is 17.6. The number of anilines is 1. The van der Waals surface area contributed by atoms with E-state index in [1.165, 1.54) is 19.1 Å². The minimum atomic E-state index is -0.863. The molecule has 15 heavy (non-hydrogen) atoms. The highest BCUT2D eigenvalue weighted by Gasteiger charge is 2.12. The third-order valence-electron chi connectivity index (χ3n) is 1.70. The minimum Gasteiger partial charge on any atom is -0.444 e. The summed E-state index contributed by atoms with van der Waals surface area (Å²) >= 11 is 0. The van der Waals surface area contributed by atoms with Gasteiger partial charge in [0.2, 0.25) is 0 Å². The predicted molar refractivity (Wildman–Crippen MR) is 51.3 cm³/mol. The van der Waals surface area contributed by atoms with Crippen molar-refractivity contribution in [2.24, 2.45) is 0 Å². The van der Waals surface area contributed by atoms with Crippen molar-refractivity contribution in [3.63, 3.8) is 0 Å². The van der Waals surface area contributed by atoms with Gasteiger partial charge in [-0.1, -0.05) is 0 Å². The Balaban J connectivity index is 2.84. The number of ether oxygens (including phenoxy) is 1. The molecule has 5 heteroatoms. The molecule has 1 atom stereocenters. The summed E-state index contributed by atoms with van der Waals surface area (Å²) in [4.78, 5) is 11.3. The summed E-state index contributed by atoms with van der Waals surface area (Å²) in [6, 6.07) is 5.31. The van der Waals surface area contributed by atoms with Crippen LogP contribution in [0.25, 0.3) is 0 Å². The van der Waals surface area contributed by atoms with Crippen LogP contribution in [0.2, 0.25) is 0 Å². The molecule has 0 heterocycles. The van der Waals surface area contributed by atoms with Gasteiger partial charge in [0, 0.05) is 0 Å². The first-order valence-corrected chi connectivity index (χ1v) is 4.20. The van der Waals surface area contributed by atoms with Crippen LogP contribution in [0.1, 0.15) is 17.3 Å². The summed E-state index contributed by atoms with van der Waals surface area (Å²) in [7, 11) is 0. The summed E-state index contributed by atoms with van der Waals surface area (Å²) in [6.07, 6.45) is -0.863. The van der Waals surface area contributed by atoms with Crippen molar-refractivity contribution < 1.29 is 13.9 Å². The van der Waals surface area contributed by atoms with Gasteiger partial charge in [-0.25, -0.2) is 9.18 Å². The number of nitrogen functional groups attached to an aromatic ring is 1. The van der Waals surface area contributed by atoms with Crippen LogP contribution < -0.4 is 5.73 Å². The second-order valence-corrected chi connectivity index (χ2v) is 2.91. The molecule has 1 aromatic carbocycles. The van der Waals surface area contributed by atoms with Crippen LogP contribution in [-0.2, 0) is 4.74 Å². The van der Waals surface area contributed by atoms with Crippen molar-refractivity contribution in [3.05, 3.63) is 29.6 Å². The molecule has 0 spiro atoms. The fourth-order valence-electron chi connectivity index (χ4n) is 0.909. The Morgan fingerprint density at radius 1 is 1.67 bits per heavy atom. The third-order valence-corrected chi connectivity index (χ3v) is 1.70. The summed E-state index contributed by atoms with van der Waals surface area (Å²) in [6.45, 7) is 1.42. The number of halogens is 1. The zero-order valence-corrected chi connectivity index (χ0v) is 8.03. The highest BCUT2D eigenvalue weighted by Crippen LogP contribution is 2.13. The van der Waals surface area contributed by atoms with E-state index in [0.29, 0.717) is 0 Å². The van der Waals surface area contributed by atoms with Crippen LogP contribution in [0, 0.1) is 17.1 Å². The maximum absolute atomic E-state index is 13.0. The summed E-state index contributed by atoms with van der Waals surface area (Å²) in [5.41, 5.74) is 5.23. The van der Waals surface area contributed by atoms with E-state index < -0.39 is 17.9 Å². The minimum absolute atomic E-state index is 0.0313.